The maximum atomic E-state index is 15.3. The first-order valence-electron chi connectivity index (χ1n) is 26.9. The minimum absolute atomic E-state index is 0.0365. The number of rotatable bonds is 25. The highest BCUT2D eigenvalue weighted by Crippen LogP contribution is 2.36. The predicted octanol–water partition coefficient (Wildman–Crippen LogP) is 9.93. The molecule has 0 bridgehead atoms. The van der Waals surface area contributed by atoms with E-state index in [0.717, 1.165) is 33.4 Å². The largest absolute Gasteiger partial charge is 0.497 e. The summed E-state index contributed by atoms with van der Waals surface area (Å²) < 4.78 is 66.3. The summed E-state index contributed by atoms with van der Waals surface area (Å²) in [5, 5.41) is 3.10. The van der Waals surface area contributed by atoms with Crippen LogP contribution in [0, 0.1) is 0 Å². The molecule has 1 N–H and O–H groups in total. The number of hydrogen-bond donors (Lipinski definition) is 1. The zero-order valence-corrected chi connectivity index (χ0v) is 44.9. The quantitative estimate of drug-likeness (QED) is 0.0540. The summed E-state index contributed by atoms with van der Waals surface area (Å²) >= 11 is 0. The fourth-order valence-corrected chi connectivity index (χ4v) is 9.74. The summed E-state index contributed by atoms with van der Waals surface area (Å²) in [6.45, 7) is 1.57. The number of amides is 2. The summed E-state index contributed by atoms with van der Waals surface area (Å²) in [5.74, 6) is -0.531. The van der Waals surface area contributed by atoms with Crippen molar-refractivity contribution in [1.82, 2.24) is 10.2 Å². The van der Waals surface area contributed by atoms with Gasteiger partial charge in [-0.05, 0) is 51.1 Å². The highest BCUT2D eigenvalue weighted by Gasteiger charge is 2.56. The molecule has 416 valence electrons. The van der Waals surface area contributed by atoms with E-state index < -0.39 is 73.0 Å². The molecular weight excluding hydrogens is 1020 g/mol. The van der Waals surface area contributed by atoms with Crippen LogP contribution >= 0.6 is 0 Å². The standard InChI is InChI=1S/C65H68N2O13/c1-46(68)66-57-61(76-42-50-27-15-6-16-28-50)60(75-41-49-25-13-5-14-26-49)56(45-72-38-53-33-35-54(71-2)36-34-53)79-64(57)80-62-58(63(69)77-43-51-29-17-7-18-30-51)67(65(70)78-44-52-31-19-8-20-32-52)37-55(73-39-47-21-9-3-10-22-47)59(62)74-40-48-23-11-4-12-24-48/h3-36,55-62,64H,37-45H2,1-2H3,(H,66,68)/t55-,56+,57+,58-,59+,60+,61+,62+,64+/m0/s1. The average Bonchev–Trinajstić information content (AvgIpc) is 3.56. The zero-order valence-electron chi connectivity index (χ0n) is 44.9. The first-order valence-corrected chi connectivity index (χ1v) is 26.9. The van der Waals surface area contributed by atoms with Crippen LogP contribution in [0.2, 0.25) is 0 Å². The maximum absolute atomic E-state index is 15.3. The van der Waals surface area contributed by atoms with Gasteiger partial charge in [-0.25, -0.2) is 9.59 Å². The van der Waals surface area contributed by atoms with Crippen molar-refractivity contribution in [3.8, 4) is 5.75 Å². The highest BCUT2D eigenvalue weighted by atomic mass is 16.7. The molecule has 0 spiro atoms. The van der Waals surface area contributed by atoms with Crippen molar-refractivity contribution in [3.63, 3.8) is 0 Å². The Morgan fingerprint density at radius 3 is 1.39 bits per heavy atom. The molecule has 0 aliphatic carbocycles. The van der Waals surface area contributed by atoms with Crippen LogP contribution in [-0.2, 0) is 98.5 Å². The van der Waals surface area contributed by atoms with Crippen LogP contribution in [0.1, 0.15) is 45.9 Å². The molecule has 2 aliphatic heterocycles. The molecule has 0 saturated carbocycles. The lowest BCUT2D eigenvalue weighted by Crippen LogP contribution is -2.71. The molecule has 0 unspecified atom stereocenters. The molecule has 0 radical (unpaired) electrons. The lowest BCUT2D eigenvalue weighted by atomic mass is 9.92. The number of methoxy groups -OCH3 is 1. The fraction of sp³-hybridized carbons (Fsp3) is 0.308. The van der Waals surface area contributed by atoms with Crippen LogP contribution in [0.4, 0.5) is 4.79 Å². The Morgan fingerprint density at radius 1 is 0.487 bits per heavy atom. The predicted molar refractivity (Wildman–Crippen MR) is 297 cm³/mol. The molecule has 15 nitrogen and oxygen atoms in total. The summed E-state index contributed by atoms with van der Waals surface area (Å²) in [5.41, 5.74) is 5.75. The van der Waals surface area contributed by atoms with Gasteiger partial charge in [0.05, 0.1) is 53.3 Å². The third kappa shape index (κ3) is 16.2. The number of nitrogens with one attached hydrogen (secondary N) is 1. The molecule has 7 aromatic carbocycles. The lowest BCUT2D eigenvalue weighted by Gasteiger charge is -2.50. The van der Waals surface area contributed by atoms with Gasteiger partial charge in [0.1, 0.15) is 61.6 Å². The Kier molecular flexibility index (Phi) is 21.0. The Bertz CT molecular complexity index is 2950. The topological polar surface area (TPSA) is 159 Å². The smallest absolute Gasteiger partial charge is 0.411 e. The van der Waals surface area contributed by atoms with Crippen LogP contribution in [0.3, 0.4) is 0 Å². The number of piperidine rings is 1. The van der Waals surface area contributed by atoms with Crippen LogP contribution in [0.5, 0.6) is 5.75 Å². The summed E-state index contributed by atoms with van der Waals surface area (Å²) in [6, 6.07) is 61.9. The van der Waals surface area contributed by atoms with Crippen molar-refractivity contribution in [3.05, 3.63) is 245 Å². The van der Waals surface area contributed by atoms with E-state index in [9.17, 15) is 9.59 Å². The molecule has 15 heteroatoms. The summed E-state index contributed by atoms with van der Waals surface area (Å²) in [4.78, 5) is 45.2. The van der Waals surface area contributed by atoms with Crippen molar-refractivity contribution in [1.29, 1.82) is 0 Å². The molecule has 2 aliphatic rings. The molecule has 2 amide bonds. The Hall–Kier alpha value is -7.73. The average molecular weight is 1090 g/mol. The van der Waals surface area contributed by atoms with Gasteiger partial charge < -0.3 is 52.7 Å². The second kappa shape index (κ2) is 29.5. The Balaban J connectivity index is 1.14. The number of benzene rings is 7. The third-order valence-corrected chi connectivity index (χ3v) is 13.8. The number of nitrogens with zero attached hydrogens (tertiary/aromatic N) is 1. The molecule has 2 heterocycles. The second-order valence-corrected chi connectivity index (χ2v) is 19.6. The van der Waals surface area contributed by atoms with Crippen LogP contribution in [0.15, 0.2) is 206 Å². The minimum atomic E-state index is -1.54. The molecular formula is C65H68N2O13. The van der Waals surface area contributed by atoms with Crippen LogP contribution in [-0.4, -0.2) is 98.1 Å². The second-order valence-electron chi connectivity index (χ2n) is 19.6. The normalized spacial score (nSPS) is 21.7. The van der Waals surface area contributed by atoms with E-state index in [2.05, 4.69) is 5.32 Å². The highest BCUT2D eigenvalue weighted by molar-refractivity contribution is 5.83. The first kappa shape index (κ1) is 57.0. The van der Waals surface area contributed by atoms with E-state index in [1.54, 1.807) is 7.11 Å². The van der Waals surface area contributed by atoms with Gasteiger partial charge in [-0.1, -0.05) is 194 Å². The van der Waals surface area contributed by atoms with Gasteiger partial charge >= 0.3 is 12.1 Å². The van der Waals surface area contributed by atoms with Gasteiger partial charge in [-0.3, -0.25) is 9.69 Å². The molecule has 2 saturated heterocycles. The van der Waals surface area contributed by atoms with Gasteiger partial charge in [0.2, 0.25) is 5.91 Å². The SMILES string of the molecule is COc1ccc(COC[C@H]2O[C@H](O[C@H]3[C@H](OCc4ccccc4)[C@@H](OCc4ccccc4)CN(C(=O)OCc4ccccc4)[C@@H]3C(=O)OCc3ccccc3)[C@H](NC(C)=O)[C@@H](OCc3ccccc3)[C@@H]2OCc2ccccc2)cc1. The maximum Gasteiger partial charge on any atom is 0.411 e. The third-order valence-electron chi connectivity index (χ3n) is 13.8. The van der Waals surface area contributed by atoms with Crippen LogP contribution < -0.4 is 10.1 Å². The van der Waals surface area contributed by atoms with Crippen LogP contribution in [0.25, 0.3) is 0 Å². The summed E-state index contributed by atoms with van der Waals surface area (Å²) in [7, 11) is 1.61. The van der Waals surface area contributed by atoms with Crippen molar-refractivity contribution >= 4 is 18.0 Å². The van der Waals surface area contributed by atoms with Gasteiger partial charge in [0.25, 0.3) is 0 Å². The van der Waals surface area contributed by atoms with Gasteiger partial charge in [0, 0.05) is 6.92 Å². The van der Waals surface area contributed by atoms with E-state index in [-0.39, 0.29) is 59.4 Å². The van der Waals surface area contributed by atoms with E-state index in [1.807, 2.05) is 206 Å². The number of carbonyl (C=O) groups excluding carboxylic acids is 3. The van der Waals surface area contributed by atoms with Crippen molar-refractivity contribution in [2.24, 2.45) is 0 Å². The minimum Gasteiger partial charge on any atom is -0.497 e. The number of ether oxygens (including phenoxy) is 10. The molecule has 7 aromatic rings. The lowest BCUT2D eigenvalue weighted by molar-refractivity contribution is -0.319. The van der Waals surface area contributed by atoms with E-state index in [0.29, 0.717) is 11.3 Å². The number of hydrogen-bond acceptors (Lipinski definition) is 13. The van der Waals surface area contributed by atoms with Gasteiger partial charge in [-0.2, -0.15) is 0 Å². The number of esters is 1. The van der Waals surface area contributed by atoms with E-state index in [1.165, 1.54) is 11.8 Å². The number of carbonyl (C=O) groups is 3. The van der Waals surface area contributed by atoms with Gasteiger partial charge in [0.15, 0.2) is 12.3 Å². The molecule has 2 fully saturated rings. The Labute approximate surface area is 467 Å². The van der Waals surface area contributed by atoms with Crippen molar-refractivity contribution in [2.75, 3.05) is 20.3 Å². The van der Waals surface area contributed by atoms with E-state index in [4.69, 9.17) is 47.4 Å². The van der Waals surface area contributed by atoms with Crippen molar-refractivity contribution in [2.45, 2.75) is 108 Å². The fourth-order valence-electron chi connectivity index (χ4n) is 9.74. The van der Waals surface area contributed by atoms with Gasteiger partial charge in [-0.15, -0.1) is 0 Å². The number of likely N-dealkylation sites (tertiary alicyclic amines) is 1. The zero-order chi connectivity index (χ0) is 55.3. The van der Waals surface area contributed by atoms with E-state index >= 15 is 4.79 Å². The molecule has 9 rings (SSSR count). The monoisotopic (exact) mass is 1080 g/mol. The molecule has 9 atom stereocenters. The first-order chi connectivity index (χ1) is 39.3. The molecule has 80 heavy (non-hydrogen) atoms. The van der Waals surface area contributed by atoms with Crippen molar-refractivity contribution < 1.29 is 61.8 Å². The molecule has 0 aromatic heterocycles. The Morgan fingerprint density at radius 2 is 0.912 bits per heavy atom. The summed E-state index contributed by atoms with van der Waals surface area (Å²) in [6.07, 6.45) is -8.55.